The van der Waals surface area contributed by atoms with Gasteiger partial charge in [-0.15, -0.1) is 11.3 Å². The first-order valence-corrected chi connectivity index (χ1v) is 8.44. The maximum Gasteiger partial charge on any atom is 0.258 e. The van der Waals surface area contributed by atoms with Crippen molar-refractivity contribution in [3.8, 4) is 5.75 Å². The molecule has 0 unspecified atom stereocenters. The number of ether oxygens (including phenoxy) is 1. The van der Waals surface area contributed by atoms with Crippen LogP contribution in [0, 0.1) is 12.7 Å². The summed E-state index contributed by atoms with van der Waals surface area (Å²) in [6, 6.07) is 10.2. The van der Waals surface area contributed by atoms with E-state index in [1.54, 1.807) is 36.5 Å². The lowest BCUT2D eigenvalue weighted by Gasteiger charge is -2.14. The Hall–Kier alpha value is -2.47. The summed E-state index contributed by atoms with van der Waals surface area (Å²) in [5, 5.41) is 5.41. The molecule has 3 rings (SSSR count). The Morgan fingerprint density at radius 2 is 2.21 bits per heavy atom. The van der Waals surface area contributed by atoms with E-state index in [2.05, 4.69) is 10.3 Å². The summed E-state index contributed by atoms with van der Waals surface area (Å²) in [7, 11) is 0. The van der Waals surface area contributed by atoms with E-state index in [-0.39, 0.29) is 24.1 Å². The molecule has 0 spiro atoms. The molecule has 1 amide bonds. The highest BCUT2D eigenvalue weighted by molar-refractivity contribution is 7.10. The number of nitrogens with one attached hydrogen (secondary N) is 1. The van der Waals surface area contributed by atoms with E-state index >= 15 is 0 Å². The summed E-state index contributed by atoms with van der Waals surface area (Å²) in [5.74, 6) is -0.178. The van der Waals surface area contributed by atoms with Gasteiger partial charge in [-0.3, -0.25) is 4.79 Å². The normalized spacial score (nSPS) is 12.1. The Morgan fingerprint density at radius 3 is 2.96 bits per heavy atom. The van der Waals surface area contributed by atoms with Gasteiger partial charge in [-0.2, -0.15) is 0 Å². The van der Waals surface area contributed by atoms with E-state index in [0.29, 0.717) is 16.8 Å². The average Bonchev–Trinajstić information content (AvgIpc) is 3.08. The number of fused-ring (bicyclic) bond motifs is 1. The second-order valence-electron chi connectivity index (χ2n) is 5.49. The quantitative estimate of drug-likeness (QED) is 0.761. The molecule has 0 saturated heterocycles. The Balaban J connectivity index is 1.71. The van der Waals surface area contributed by atoms with Crippen LogP contribution in [0.5, 0.6) is 5.75 Å². The number of pyridine rings is 1. The molecular weight excluding hydrogens is 327 g/mol. The minimum atomic E-state index is -0.406. The van der Waals surface area contributed by atoms with Gasteiger partial charge in [-0.25, -0.2) is 9.37 Å². The lowest BCUT2D eigenvalue weighted by molar-refractivity contribution is -0.123. The lowest BCUT2D eigenvalue weighted by Crippen LogP contribution is -2.30. The van der Waals surface area contributed by atoms with Crippen molar-refractivity contribution >= 4 is 28.1 Å². The van der Waals surface area contributed by atoms with Gasteiger partial charge in [0.1, 0.15) is 17.1 Å². The van der Waals surface area contributed by atoms with Crippen LogP contribution in [-0.2, 0) is 4.79 Å². The highest BCUT2D eigenvalue weighted by Crippen LogP contribution is 2.27. The molecule has 0 radical (unpaired) electrons. The fraction of sp³-hybridized carbons (Fsp3) is 0.222. The standard InChI is InChI=1S/C18H17FN2O2S/c1-11-9-15(13-5-3-6-14(19)18(13)20-11)23-10-17(22)21-12(2)16-7-4-8-24-16/h3-9,12H,10H2,1-2H3,(H,21,22)/t12-/m0/s1. The van der Waals surface area contributed by atoms with Crippen LogP contribution in [-0.4, -0.2) is 17.5 Å². The van der Waals surface area contributed by atoms with E-state index in [9.17, 15) is 9.18 Å². The monoisotopic (exact) mass is 344 g/mol. The van der Waals surface area contributed by atoms with Crippen molar-refractivity contribution in [2.75, 3.05) is 6.61 Å². The minimum Gasteiger partial charge on any atom is -0.483 e. The molecule has 0 saturated carbocycles. The first-order valence-electron chi connectivity index (χ1n) is 7.56. The number of benzene rings is 1. The number of nitrogens with zero attached hydrogens (tertiary/aromatic N) is 1. The maximum absolute atomic E-state index is 13.9. The van der Waals surface area contributed by atoms with E-state index < -0.39 is 5.82 Å². The van der Waals surface area contributed by atoms with Crippen LogP contribution in [0.15, 0.2) is 41.8 Å². The van der Waals surface area contributed by atoms with Crippen LogP contribution in [0.4, 0.5) is 4.39 Å². The Kier molecular flexibility index (Phi) is 4.76. The number of para-hydroxylation sites is 1. The molecule has 0 aliphatic carbocycles. The molecule has 0 bridgehead atoms. The predicted molar refractivity (Wildman–Crippen MR) is 92.8 cm³/mol. The fourth-order valence-electron chi connectivity index (χ4n) is 2.46. The predicted octanol–water partition coefficient (Wildman–Crippen LogP) is 4.00. The highest BCUT2D eigenvalue weighted by atomic mass is 32.1. The number of hydrogen-bond donors (Lipinski definition) is 1. The van der Waals surface area contributed by atoms with Crippen molar-refractivity contribution in [1.29, 1.82) is 0 Å². The first kappa shape index (κ1) is 16.4. The van der Waals surface area contributed by atoms with Gasteiger partial charge in [-0.1, -0.05) is 12.1 Å². The number of rotatable bonds is 5. The highest BCUT2D eigenvalue weighted by Gasteiger charge is 2.13. The summed E-state index contributed by atoms with van der Waals surface area (Å²) in [4.78, 5) is 17.4. The molecule has 6 heteroatoms. The van der Waals surface area contributed by atoms with Crippen molar-refractivity contribution in [2.24, 2.45) is 0 Å². The summed E-state index contributed by atoms with van der Waals surface area (Å²) >= 11 is 1.59. The SMILES string of the molecule is Cc1cc(OCC(=O)N[C@@H](C)c2cccs2)c2cccc(F)c2n1. The third-order valence-electron chi connectivity index (χ3n) is 3.59. The molecular formula is C18H17FN2O2S. The number of aromatic nitrogens is 1. The average molecular weight is 344 g/mol. The molecule has 2 heterocycles. The molecule has 1 atom stereocenters. The number of thiophene rings is 1. The Bertz CT molecular complexity index is 865. The van der Waals surface area contributed by atoms with Crippen LogP contribution in [0.1, 0.15) is 23.5 Å². The number of carbonyl (C=O) groups excluding carboxylic acids is 1. The molecule has 1 aromatic carbocycles. The smallest absolute Gasteiger partial charge is 0.258 e. The largest absolute Gasteiger partial charge is 0.483 e. The van der Waals surface area contributed by atoms with Crippen LogP contribution in [0.3, 0.4) is 0 Å². The van der Waals surface area contributed by atoms with Crippen molar-refractivity contribution in [3.05, 3.63) is 58.2 Å². The van der Waals surface area contributed by atoms with Crippen molar-refractivity contribution in [3.63, 3.8) is 0 Å². The Labute approximate surface area is 143 Å². The zero-order chi connectivity index (χ0) is 17.1. The third-order valence-corrected chi connectivity index (χ3v) is 4.64. The van der Waals surface area contributed by atoms with E-state index in [0.717, 1.165) is 4.88 Å². The van der Waals surface area contributed by atoms with Crippen LogP contribution < -0.4 is 10.1 Å². The molecule has 0 aliphatic heterocycles. The van der Waals surface area contributed by atoms with E-state index in [1.807, 2.05) is 24.4 Å². The van der Waals surface area contributed by atoms with E-state index in [4.69, 9.17) is 4.74 Å². The molecule has 0 aliphatic rings. The second-order valence-corrected chi connectivity index (χ2v) is 6.47. The van der Waals surface area contributed by atoms with Gasteiger partial charge >= 0.3 is 0 Å². The maximum atomic E-state index is 13.9. The van der Waals surface area contributed by atoms with Crippen molar-refractivity contribution in [1.82, 2.24) is 10.3 Å². The van der Waals surface area contributed by atoms with Crippen molar-refractivity contribution < 1.29 is 13.9 Å². The summed E-state index contributed by atoms with van der Waals surface area (Å²) in [5.41, 5.74) is 0.884. The lowest BCUT2D eigenvalue weighted by atomic mass is 10.2. The Morgan fingerprint density at radius 1 is 1.38 bits per heavy atom. The summed E-state index contributed by atoms with van der Waals surface area (Å²) in [6.07, 6.45) is 0. The van der Waals surface area contributed by atoms with Gasteiger partial charge < -0.3 is 10.1 Å². The molecule has 1 N–H and O–H groups in total. The topological polar surface area (TPSA) is 51.2 Å². The number of halogens is 1. The fourth-order valence-corrected chi connectivity index (χ4v) is 3.19. The van der Waals surface area contributed by atoms with Gasteiger partial charge in [-0.05, 0) is 37.4 Å². The minimum absolute atomic E-state index is 0.0746. The number of amides is 1. The molecule has 4 nitrogen and oxygen atoms in total. The molecule has 124 valence electrons. The molecule has 3 aromatic rings. The van der Waals surface area contributed by atoms with Gasteiger partial charge in [0, 0.05) is 22.0 Å². The van der Waals surface area contributed by atoms with Crippen LogP contribution in [0.25, 0.3) is 10.9 Å². The molecule has 24 heavy (non-hydrogen) atoms. The van der Waals surface area contributed by atoms with E-state index in [1.165, 1.54) is 6.07 Å². The van der Waals surface area contributed by atoms with Crippen LogP contribution >= 0.6 is 11.3 Å². The van der Waals surface area contributed by atoms with Gasteiger partial charge in [0.25, 0.3) is 5.91 Å². The number of hydrogen-bond acceptors (Lipinski definition) is 4. The summed E-state index contributed by atoms with van der Waals surface area (Å²) in [6.45, 7) is 3.55. The van der Waals surface area contributed by atoms with Crippen molar-refractivity contribution in [2.45, 2.75) is 19.9 Å². The zero-order valence-electron chi connectivity index (χ0n) is 13.4. The van der Waals surface area contributed by atoms with Gasteiger partial charge in [0.05, 0.1) is 6.04 Å². The second kappa shape index (κ2) is 6.97. The zero-order valence-corrected chi connectivity index (χ0v) is 14.2. The molecule has 0 fully saturated rings. The molecule has 2 aromatic heterocycles. The summed E-state index contributed by atoms with van der Waals surface area (Å²) < 4.78 is 19.5. The first-order chi connectivity index (χ1) is 11.5. The van der Waals surface area contributed by atoms with Gasteiger partial charge in [0.15, 0.2) is 6.61 Å². The van der Waals surface area contributed by atoms with Gasteiger partial charge in [0.2, 0.25) is 0 Å². The number of aryl methyl sites for hydroxylation is 1. The third kappa shape index (κ3) is 3.54. The number of carbonyl (C=O) groups is 1. The van der Waals surface area contributed by atoms with Crippen LogP contribution in [0.2, 0.25) is 0 Å².